The molecule has 0 saturated heterocycles. The van der Waals surface area contributed by atoms with Crippen LogP contribution in [0.15, 0.2) is 0 Å². The van der Waals surface area contributed by atoms with Gasteiger partial charge in [-0.05, 0) is 6.92 Å². The van der Waals surface area contributed by atoms with Crippen LogP contribution in [0.3, 0.4) is 0 Å². The van der Waals surface area contributed by atoms with E-state index in [-0.39, 0.29) is 5.95 Å². The number of nitrogens with zero attached hydrogens (tertiary/aromatic N) is 3. The van der Waals surface area contributed by atoms with Crippen molar-refractivity contribution in [2.24, 2.45) is 0 Å². The molecule has 0 bridgehead atoms. The maximum Gasteiger partial charge on any atom is 0.245 e. The predicted octanol–water partition coefficient (Wildman–Crippen LogP) is -1.44. The average Bonchev–Trinajstić information content (AvgIpc) is 1.59. The third kappa shape index (κ3) is 1.63. The lowest BCUT2D eigenvalue weighted by Gasteiger charge is -1.95. The second kappa shape index (κ2) is 2.30. The Morgan fingerprint density at radius 2 is 2.00 bits per heavy atom. The molecule has 1 aromatic heterocycles. The summed E-state index contributed by atoms with van der Waals surface area (Å²) in [5.74, 6) is 0.917. The minimum atomic E-state index is 0.271. The van der Waals surface area contributed by atoms with Crippen LogP contribution in [0.1, 0.15) is 5.82 Å². The minimum Gasteiger partial charge on any atom is -0.368 e. The molecule has 44 valence electrons. The SMILES string of the molecule is Cc1nc(N)n[c]([Al])n1. The monoisotopic (exact) mass is 136 g/mol. The van der Waals surface area contributed by atoms with Gasteiger partial charge >= 0.3 is 0 Å². The van der Waals surface area contributed by atoms with Crippen molar-refractivity contribution in [1.29, 1.82) is 0 Å². The first-order valence-electron chi connectivity index (χ1n) is 2.42. The maximum atomic E-state index is 5.28. The van der Waals surface area contributed by atoms with Gasteiger partial charge in [0.1, 0.15) is 5.82 Å². The number of hydrogen-bond acceptors (Lipinski definition) is 4. The Labute approximate surface area is 61.0 Å². The fourth-order valence-electron chi connectivity index (χ4n) is 0.524. The Kier molecular flexibility index (Phi) is 1.65. The topological polar surface area (TPSA) is 64.7 Å². The van der Waals surface area contributed by atoms with E-state index in [1.54, 1.807) is 6.92 Å². The molecule has 4 nitrogen and oxygen atoms in total. The van der Waals surface area contributed by atoms with Gasteiger partial charge in [-0.3, -0.25) is 0 Å². The smallest absolute Gasteiger partial charge is 0.245 e. The van der Waals surface area contributed by atoms with E-state index >= 15 is 0 Å². The number of aromatic nitrogens is 3. The Balaban J connectivity index is 3.17. The summed E-state index contributed by atoms with van der Waals surface area (Å²) < 4.78 is 0.583. The largest absolute Gasteiger partial charge is 0.368 e. The highest BCUT2D eigenvalue weighted by atomic mass is 27.0. The van der Waals surface area contributed by atoms with E-state index in [0.717, 1.165) is 0 Å². The Hall–Kier alpha value is -0.658. The number of nitrogen functional groups attached to an aromatic ring is 1. The van der Waals surface area contributed by atoms with Crippen LogP contribution in [0.25, 0.3) is 0 Å². The van der Waals surface area contributed by atoms with Gasteiger partial charge in [-0.25, -0.2) is 9.97 Å². The molecular formula is C4H5AlN4. The fourth-order valence-corrected chi connectivity index (χ4v) is 0.843. The van der Waals surface area contributed by atoms with Gasteiger partial charge in [0.05, 0.1) is 0 Å². The molecule has 2 radical (unpaired) electrons. The second-order valence-electron chi connectivity index (χ2n) is 1.60. The van der Waals surface area contributed by atoms with Gasteiger partial charge in [0.25, 0.3) is 0 Å². The zero-order valence-electron chi connectivity index (χ0n) is 5.00. The molecule has 0 atom stereocenters. The standard InChI is InChI=1S/C4H5N4.Al/c1-3-6-2-7-4(5)8-3;/h1H3,(H2,5,6,7,8);. The average molecular weight is 136 g/mol. The van der Waals surface area contributed by atoms with Crippen molar-refractivity contribution in [3.63, 3.8) is 0 Å². The first kappa shape index (κ1) is 6.46. The van der Waals surface area contributed by atoms with Gasteiger partial charge in [0.15, 0.2) is 0 Å². The van der Waals surface area contributed by atoms with Crippen molar-refractivity contribution >= 4 is 26.9 Å². The zero-order chi connectivity index (χ0) is 6.85. The van der Waals surface area contributed by atoms with Crippen LogP contribution in [0, 0.1) is 6.92 Å². The quantitative estimate of drug-likeness (QED) is 0.443. The third-order valence-corrected chi connectivity index (χ3v) is 1.04. The highest BCUT2D eigenvalue weighted by Crippen LogP contribution is 1.84. The summed E-state index contributed by atoms with van der Waals surface area (Å²) in [7, 11) is 0. The molecule has 0 fully saturated rings. The summed E-state index contributed by atoms with van der Waals surface area (Å²) in [5, 5.41) is 0. The number of nitrogens with two attached hydrogens (primary N) is 1. The summed E-state index contributed by atoms with van der Waals surface area (Å²) in [5.41, 5.74) is 5.28. The molecular weight excluding hydrogens is 131 g/mol. The Morgan fingerprint density at radius 3 is 2.44 bits per heavy atom. The van der Waals surface area contributed by atoms with Crippen LogP contribution in [0.2, 0.25) is 0 Å². The van der Waals surface area contributed by atoms with Crippen molar-refractivity contribution in [3.8, 4) is 0 Å². The van der Waals surface area contributed by atoms with Crippen molar-refractivity contribution in [3.05, 3.63) is 5.82 Å². The van der Waals surface area contributed by atoms with Crippen LogP contribution in [0.5, 0.6) is 0 Å². The van der Waals surface area contributed by atoms with E-state index < -0.39 is 0 Å². The summed E-state index contributed by atoms with van der Waals surface area (Å²) in [6.07, 6.45) is 0. The summed E-state index contributed by atoms with van der Waals surface area (Å²) >= 11 is 2.36. The van der Waals surface area contributed by atoms with E-state index in [2.05, 4.69) is 31.2 Å². The second-order valence-corrected chi connectivity index (χ2v) is 2.12. The lowest BCUT2D eigenvalue weighted by Crippen LogP contribution is -2.17. The molecule has 0 aliphatic carbocycles. The first-order valence-corrected chi connectivity index (χ1v) is 3.00. The van der Waals surface area contributed by atoms with Crippen molar-refractivity contribution in [1.82, 2.24) is 15.0 Å². The molecule has 0 aliphatic rings. The van der Waals surface area contributed by atoms with Crippen molar-refractivity contribution < 1.29 is 0 Å². The Morgan fingerprint density at radius 1 is 1.33 bits per heavy atom. The van der Waals surface area contributed by atoms with Gasteiger partial charge in [0, 0.05) is 4.69 Å². The normalized spacial score (nSPS) is 9.44. The third-order valence-electron chi connectivity index (χ3n) is 0.782. The van der Waals surface area contributed by atoms with E-state index in [9.17, 15) is 0 Å². The first-order chi connectivity index (χ1) is 4.18. The minimum absolute atomic E-state index is 0.271. The number of anilines is 1. The van der Waals surface area contributed by atoms with Crippen LogP contribution in [-0.4, -0.2) is 31.2 Å². The van der Waals surface area contributed by atoms with Crippen LogP contribution >= 0.6 is 0 Å². The molecule has 1 aromatic rings. The summed E-state index contributed by atoms with van der Waals surface area (Å²) in [6.45, 7) is 1.77. The van der Waals surface area contributed by atoms with Gasteiger partial charge in [-0.2, -0.15) is 4.98 Å². The Bertz CT molecular complexity index is 173. The molecule has 0 saturated carbocycles. The molecule has 1 heterocycles. The molecule has 0 aromatic carbocycles. The number of aryl methyl sites for hydroxylation is 1. The van der Waals surface area contributed by atoms with Gasteiger partial charge in [0.2, 0.25) is 22.2 Å². The molecule has 0 aliphatic heterocycles. The molecule has 1 rings (SSSR count). The molecule has 2 N–H and O–H groups in total. The summed E-state index contributed by atoms with van der Waals surface area (Å²) in [4.78, 5) is 11.4. The van der Waals surface area contributed by atoms with Crippen LogP contribution in [-0.2, 0) is 0 Å². The molecule has 0 spiro atoms. The van der Waals surface area contributed by atoms with Crippen molar-refractivity contribution in [2.45, 2.75) is 6.92 Å². The van der Waals surface area contributed by atoms with Crippen LogP contribution < -0.4 is 10.4 Å². The number of hydrogen-bond donors (Lipinski definition) is 1. The lowest BCUT2D eigenvalue weighted by molar-refractivity contribution is 1.02. The highest BCUT2D eigenvalue weighted by molar-refractivity contribution is 6.29. The van der Waals surface area contributed by atoms with E-state index in [0.29, 0.717) is 10.5 Å². The predicted molar refractivity (Wildman–Crippen MR) is 34.4 cm³/mol. The fraction of sp³-hybridized carbons (Fsp3) is 0.250. The highest BCUT2D eigenvalue weighted by Gasteiger charge is 1.91. The van der Waals surface area contributed by atoms with E-state index in [4.69, 9.17) is 5.73 Å². The van der Waals surface area contributed by atoms with Gasteiger partial charge in [-0.1, -0.05) is 0 Å². The van der Waals surface area contributed by atoms with E-state index in [1.807, 2.05) is 0 Å². The van der Waals surface area contributed by atoms with Gasteiger partial charge in [-0.15, -0.1) is 0 Å². The summed E-state index contributed by atoms with van der Waals surface area (Å²) in [6, 6.07) is 0. The number of rotatable bonds is 0. The van der Waals surface area contributed by atoms with Crippen LogP contribution in [0.4, 0.5) is 5.95 Å². The van der Waals surface area contributed by atoms with Gasteiger partial charge < -0.3 is 5.73 Å². The molecule has 0 amide bonds. The molecule has 0 unspecified atom stereocenters. The maximum absolute atomic E-state index is 5.28. The zero-order valence-corrected chi connectivity index (χ0v) is 6.15. The molecule has 9 heavy (non-hydrogen) atoms. The lowest BCUT2D eigenvalue weighted by atomic mass is 10.7. The van der Waals surface area contributed by atoms with Crippen molar-refractivity contribution in [2.75, 3.05) is 5.73 Å². The molecule has 5 heteroatoms. The van der Waals surface area contributed by atoms with E-state index in [1.165, 1.54) is 0 Å².